The number of hydrogen-bond acceptors (Lipinski definition) is 8. The van der Waals surface area contributed by atoms with Crippen LogP contribution in [0.4, 0.5) is 10.2 Å². The number of amides is 1. The summed E-state index contributed by atoms with van der Waals surface area (Å²) in [5.41, 5.74) is 0.645. The first kappa shape index (κ1) is 23.0. The number of nitrogens with one attached hydrogen (secondary N) is 4. The van der Waals surface area contributed by atoms with Crippen LogP contribution in [0.3, 0.4) is 0 Å². The molecule has 9 nitrogen and oxygen atoms in total. The van der Waals surface area contributed by atoms with Gasteiger partial charge >= 0.3 is 0 Å². The molecule has 2 aromatic rings. The SMILES string of the molecule is CNC(C)(C)C(=O)Nc1ccnc(C(=N)/C=C(\NCC2=CCCC=C2F)c2ccon2)n1. The molecule has 0 fully saturated rings. The number of nitrogens with zero attached hydrogens (tertiary/aromatic N) is 3. The molecule has 3 rings (SSSR count). The average Bonchev–Trinajstić information content (AvgIpc) is 3.32. The van der Waals surface area contributed by atoms with Crippen LogP contribution in [0.15, 0.2) is 58.7 Å². The Labute approximate surface area is 185 Å². The van der Waals surface area contributed by atoms with Crippen LogP contribution in [-0.2, 0) is 4.79 Å². The van der Waals surface area contributed by atoms with Crippen LogP contribution < -0.4 is 16.0 Å². The van der Waals surface area contributed by atoms with Crippen molar-refractivity contribution in [1.29, 1.82) is 5.41 Å². The van der Waals surface area contributed by atoms with E-state index in [9.17, 15) is 9.18 Å². The van der Waals surface area contributed by atoms with E-state index in [1.165, 1.54) is 18.5 Å². The van der Waals surface area contributed by atoms with Gasteiger partial charge in [-0.15, -0.1) is 0 Å². The van der Waals surface area contributed by atoms with Crippen molar-refractivity contribution >= 4 is 23.1 Å². The Kier molecular flexibility index (Phi) is 7.26. The van der Waals surface area contributed by atoms with Gasteiger partial charge in [0.2, 0.25) is 5.91 Å². The molecule has 168 valence electrons. The maximum Gasteiger partial charge on any atom is 0.245 e. The average molecular weight is 439 g/mol. The van der Waals surface area contributed by atoms with Crippen molar-refractivity contribution in [2.24, 2.45) is 0 Å². The van der Waals surface area contributed by atoms with Crippen LogP contribution in [0.25, 0.3) is 5.70 Å². The fraction of sp³-hybridized carbons (Fsp3) is 0.318. The molecule has 1 amide bonds. The summed E-state index contributed by atoms with van der Waals surface area (Å²) in [4.78, 5) is 20.8. The standard InChI is InChI=1S/C22H26FN7O2/c1-22(2,25-3)21(31)29-19-8-10-26-20(28-19)16(24)12-18(17-9-11-32-30-17)27-13-14-6-4-5-7-15(14)23/h6-12,24-25,27H,4-5,13H2,1-3H3,(H,26,28,29,31)/b18-12-,24-16?. The summed E-state index contributed by atoms with van der Waals surface area (Å²) in [6.45, 7) is 3.71. The number of hydrogen-bond donors (Lipinski definition) is 4. The van der Waals surface area contributed by atoms with Crippen molar-refractivity contribution in [3.8, 4) is 0 Å². The van der Waals surface area contributed by atoms with Gasteiger partial charge in [0.15, 0.2) is 5.82 Å². The van der Waals surface area contributed by atoms with Crippen LogP contribution >= 0.6 is 0 Å². The second-order valence-electron chi connectivity index (χ2n) is 7.66. The van der Waals surface area contributed by atoms with Gasteiger partial charge in [0.1, 0.15) is 29.3 Å². The summed E-state index contributed by atoms with van der Waals surface area (Å²) in [7, 11) is 1.69. The van der Waals surface area contributed by atoms with Crippen LogP contribution in [0, 0.1) is 5.41 Å². The van der Waals surface area contributed by atoms with Gasteiger partial charge in [-0.05, 0) is 52.0 Å². The van der Waals surface area contributed by atoms with E-state index in [-0.39, 0.29) is 35.6 Å². The predicted molar refractivity (Wildman–Crippen MR) is 120 cm³/mol. The zero-order chi connectivity index (χ0) is 23.1. The summed E-state index contributed by atoms with van der Waals surface area (Å²) >= 11 is 0. The Bertz CT molecular complexity index is 1070. The lowest BCUT2D eigenvalue weighted by Gasteiger charge is -2.22. The van der Waals surface area contributed by atoms with E-state index in [0.29, 0.717) is 23.4 Å². The molecule has 0 radical (unpaired) electrons. The molecule has 2 heterocycles. The van der Waals surface area contributed by atoms with Crippen LogP contribution in [0.2, 0.25) is 0 Å². The van der Waals surface area contributed by atoms with E-state index in [1.54, 1.807) is 39.1 Å². The summed E-state index contributed by atoms with van der Waals surface area (Å²) < 4.78 is 18.9. The minimum atomic E-state index is -0.792. The minimum absolute atomic E-state index is 0.0203. The van der Waals surface area contributed by atoms with Crippen molar-refractivity contribution in [2.45, 2.75) is 32.2 Å². The van der Waals surface area contributed by atoms with E-state index >= 15 is 0 Å². The second-order valence-corrected chi connectivity index (χ2v) is 7.66. The van der Waals surface area contributed by atoms with Crippen molar-refractivity contribution < 1.29 is 13.7 Å². The van der Waals surface area contributed by atoms with Gasteiger partial charge in [-0.25, -0.2) is 14.4 Å². The van der Waals surface area contributed by atoms with Gasteiger partial charge in [0.05, 0.1) is 11.2 Å². The van der Waals surface area contributed by atoms with Gasteiger partial charge in [-0.1, -0.05) is 11.2 Å². The number of rotatable bonds is 9. The zero-order valence-corrected chi connectivity index (χ0v) is 18.2. The van der Waals surface area contributed by atoms with Gasteiger partial charge in [0, 0.05) is 24.4 Å². The van der Waals surface area contributed by atoms with Gasteiger partial charge in [0.25, 0.3) is 0 Å². The van der Waals surface area contributed by atoms with Crippen LogP contribution in [-0.4, -0.2) is 45.9 Å². The topological polar surface area (TPSA) is 129 Å². The molecular formula is C22H26FN7O2. The molecular weight excluding hydrogens is 413 g/mol. The number of aromatic nitrogens is 3. The summed E-state index contributed by atoms with van der Waals surface area (Å²) in [6.07, 6.45) is 9.22. The number of carbonyl (C=O) groups is 1. The lowest BCUT2D eigenvalue weighted by atomic mass is 10.1. The highest BCUT2D eigenvalue weighted by Crippen LogP contribution is 2.20. The largest absolute Gasteiger partial charge is 0.379 e. The zero-order valence-electron chi connectivity index (χ0n) is 18.2. The number of halogens is 1. The van der Waals surface area contributed by atoms with Crippen LogP contribution in [0.1, 0.15) is 38.2 Å². The Balaban J connectivity index is 1.79. The first-order chi connectivity index (χ1) is 15.3. The minimum Gasteiger partial charge on any atom is -0.379 e. The highest BCUT2D eigenvalue weighted by atomic mass is 19.1. The third-order valence-corrected chi connectivity index (χ3v) is 4.99. The highest BCUT2D eigenvalue weighted by Gasteiger charge is 2.25. The van der Waals surface area contributed by atoms with Crippen LogP contribution in [0.5, 0.6) is 0 Å². The molecule has 0 bridgehead atoms. The van der Waals surface area contributed by atoms with Crippen molar-refractivity contribution in [2.75, 3.05) is 18.9 Å². The Morgan fingerprint density at radius 3 is 2.78 bits per heavy atom. The maximum atomic E-state index is 14.0. The number of carbonyl (C=O) groups excluding carboxylic acids is 1. The molecule has 0 saturated carbocycles. The Morgan fingerprint density at radius 1 is 1.31 bits per heavy atom. The summed E-state index contributed by atoms with van der Waals surface area (Å²) in [5.74, 6) is -0.144. The third-order valence-electron chi connectivity index (χ3n) is 4.99. The molecule has 32 heavy (non-hydrogen) atoms. The molecule has 1 aliphatic rings. The normalized spacial score (nSPS) is 14.4. The molecule has 0 saturated heterocycles. The second kappa shape index (κ2) is 10.1. The predicted octanol–water partition coefficient (Wildman–Crippen LogP) is 2.97. The smallest absolute Gasteiger partial charge is 0.245 e. The Morgan fingerprint density at radius 2 is 2.09 bits per heavy atom. The van der Waals surface area contributed by atoms with Crippen molar-refractivity contribution in [3.05, 3.63) is 65.7 Å². The summed E-state index contributed by atoms with van der Waals surface area (Å²) in [6, 6.07) is 3.18. The molecule has 0 aromatic carbocycles. The molecule has 1 aliphatic carbocycles. The molecule has 0 spiro atoms. The third kappa shape index (κ3) is 5.73. The molecule has 4 N–H and O–H groups in total. The molecule has 0 aliphatic heterocycles. The fourth-order valence-corrected chi connectivity index (χ4v) is 2.76. The molecule has 0 unspecified atom stereocenters. The molecule has 2 aromatic heterocycles. The van der Waals surface area contributed by atoms with E-state index in [1.807, 2.05) is 6.08 Å². The number of anilines is 1. The molecule has 0 atom stereocenters. The van der Waals surface area contributed by atoms with E-state index in [0.717, 1.165) is 6.42 Å². The van der Waals surface area contributed by atoms with E-state index < -0.39 is 5.54 Å². The fourth-order valence-electron chi connectivity index (χ4n) is 2.76. The lowest BCUT2D eigenvalue weighted by Crippen LogP contribution is -2.48. The maximum absolute atomic E-state index is 14.0. The quantitative estimate of drug-likeness (QED) is 0.442. The van der Waals surface area contributed by atoms with Crippen molar-refractivity contribution in [1.82, 2.24) is 25.8 Å². The van der Waals surface area contributed by atoms with Gasteiger partial charge in [-0.3, -0.25) is 10.2 Å². The lowest BCUT2D eigenvalue weighted by molar-refractivity contribution is -0.121. The van der Waals surface area contributed by atoms with Crippen molar-refractivity contribution in [3.63, 3.8) is 0 Å². The number of allylic oxidation sites excluding steroid dienone is 3. The highest BCUT2D eigenvalue weighted by molar-refractivity contribution is 6.08. The van der Waals surface area contributed by atoms with Gasteiger partial charge in [-0.2, -0.15) is 0 Å². The first-order valence-corrected chi connectivity index (χ1v) is 10.1. The van der Waals surface area contributed by atoms with Gasteiger partial charge < -0.3 is 20.5 Å². The van der Waals surface area contributed by atoms with E-state index in [4.69, 9.17) is 9.93 Å². The monoisotopic (exact) mass is 439 g/mol. The summed E-state index contributed by atoms with van der Waals surface area (Å²) in [5, 5.41) is 21.1. The number of likely N-dealkylation sites (N-methyl/N-ethyl adjacent to an activating group) is 1. The molecule has 10 heteroatoms. The van der Waals surface area contributed by atoms with E-state index in [2.05, 4.69) is 31.1 Å². The Hall–Kier alpha value is -3.66. The first-order valence-electron chi connectivity index (χ1n) is 10.1.